The molecular weight excluding hydrogens is 415 g/mol. The van der Waals surface area contributed by atoms with Gasteiger partial charge < -0.3 is 20.3 Å². The Morgan fingerprint density at radius 3 is 2.62 bits per heavy atom. The lowest BCUT2D eigenvalue weighted by Crippen LogP contribution is -2.41. The molecule has 0 saturated carbocycles. The molecule has 0 amide bonds. The summed E-state index contributed by atoms with van der Waals surface area (Å²) < 4.78 is 5.18. The van der Waals surface area contributed by atoms with E-state index >= 15 is 0 Å². The highest BCUT2D eigenvalue weighted by molar-refractivity contribution is 14.0. The Morgan fingerprint density at radius 1 is 1.29 bits per heavy atom. The fraction of sp³-hybridized carbons (Fsp3) is 0.611. The first-order valence-electron chi connectivity index (χ1n) is 8.55. The Labute approximate surface area is 163 Å². The maximum atomic E-state index is 5.18. The van der Waals surface area contributed by atoms with Gasteiger partial charge in [-0.15, -0.1) is 24.0 Å². The van der Waals surface area contributed by atoms with Crippen molar-refractivity contribution in [1.29, 1.82) is 0 Å². The lowest BCUT2D eigenvalue weighted by Gasteiger charge is -2.16. The highest BCUT2D eigenvalue weighted by atomic mass is 127. The van der Waals surface area contributed by atoms with Crippen molar-refractivity contribution in [1.82, 2.24) is 15.5 Å². The summed E-state index contributed by atoms with van der Waals surface area (Å²) in [5.74, 6) is 2.53. The molecule has 1 heterocycles. The van der Waals surface area contributed by atoms with Gasteiger partial charge in [0.2, 0.25) is 0 Å². The Balaban J connectivity index is 0.00000288. The lowest BCUT2D eigenvalue weighted by atomic mass is 10.1. The van der Waals surface area contributed by atoms with E-state index in [2.05, 4.69) is 39.6 Å². The topological polar surface area (TPSA) is 48.9 Å². The van der Waals surface area contributed by atoms with Crippen molar-refractivity contribution in [3.05, 3.63) is 29.8 Å². The normalized spacial score (nSPS) is 18.1. The fourth-order valence-corrected chi connectivity index (χ4v) is 2.95. The van der Waals surface area contributed by atoms with Crippen LogP contribution in [-0.4, -0.2) is 57.7 Å². The first-order valence-corrected chi connectivity index (χ1v) is 8.55. The van der Waals surface area contributed by atoms with Crippen LogP contribution in [-0.2, 0) is 6.42 Å². The zero-order chi connectivity index (χ0) is 16.5. The zero-order valence-electron chi connectivity index (χ0n) is 15.0. The minimum absolute atomic E-state index is 0. The molecule has 6 heteroatoms. The van der Waals surface area contributed by atoms with Crippen LogP contribution >= 0.6 is 24.0 Å². The van der Waals surface area contributed by atoms with Crippen LogP contribution in [0, 0.1) is 5.92 Å². The number of rotatable bonds is 7. The van der Waals surface area contributed by atoms with E-state index in [0.29, 0.717) is 0 Å². The van der Waals surface area contributed by atoms with E-state index in [-0.39, 0.29) is 24.0 Å². The number of nitrogens with one attached hydrogen (secondary N) is 2. The van der Waals surface area contributed by atoms with Gasteiger partial charge >= 0.3 is 0 Å². The van der Waals surface area contributed by atoms with Gasteiger partial charge in [-0.05, 0) is 49.5 Å². The van der Waals surface area contributed by atoms with Crippen LogP contribution in [0.2, 0.25) is 0 Å². The number of nitrogens with zero attached hydrogens (tertiary/aromatic N) is 2. The zero-order valence-corrected chi connectivity index (χ0v) is 17.4. The second kappa shape index (κ2) is 11.5. The average Bonchev–Trinajstić information content (AvgIpc) is 3.06. The first-order chi connectivity index (χ1) is 11.2. The monoisotopic (exact) mass is 446 g/mol. The van der Waals surface area contributed by atoms with Gasteiger partial charge in [0.25, 0.3) is 0 Å². The van der Waals surface area contributed by atoms with Crippen molar-refractivity contribution in [3.63, 3.8) is 0 Å². The number of halogens is 1. The van der Waals surface area contributed by atoms with Gasteiger partial charge in [-0.2, -0.15) is 0 Å². The molecule has 1 aliphatic rings. The molecule has 1 atom stereocenters. The van der Waals surface area contributed by atoms with Crippen molar-refractivity contribution >= 4 is 29.9 Å². The number of ether oxygens (including phenoxy) is 1. The smallest absolute Gasteiger partial charge is 0.190 e. The molecule has 2 rings (SSSR count). The molecule has 1 aromatic rings. The predicted molar refractivity (Wildman–Crippen MR) is 112 cm³/mol. The number of likely N-dealkylation sites (tertiary alicyclic amines) is 1. The van der Waals surface area contributed by atoms with E-state index in [9.17, 15) is 0 Å². The van der Waals surface area contributed by atoms with E-state index in [1.54, 1.807) is 7.11 Å². The van der Waals surface area contributed by atoms with Crippen molar-refractivity contribution in [3.8, 4) is 5.75 Å². The number of methoxy groups -OCH3 is 1. The highest BCUT2D eigenvalue weighted by Gasteiger charge is 2.20. The molecule has 0 bridgehead atoms. The Bertz CT molecular complexity index is 492. The summed E-state index contributed by atoms with van der Waals surface area (Å²) in [4.78, 5) is 6.81. The quantitative estimate of drug-likeness (QED) is 0.384. The van der Waals surface area contributed by atoms with Crippen molar-refractivity contribution in [2.24, 2.45) is 10.9 Å². The second-order valence-electron chi connectivity index (χ2n) is 6.03. The molecule has 0 spiro atoms. The summed E-state index contributed by atoms with van der Waals surface area (Å²) in [5.41, 5.74) is 1.29. The third kappa shape index (κ3) is 6.84. The molecule has 1 saturated heterocycles. The first kappa shape index (κ1) is 21.0. The molecular formula is C18H31IN4O. The van der Waals surface area contributed by atoms with Gasteiger partial charge in [-0.1, -0.05) is 19.1 Å². The van der Waals surface area contributed by atoms with Gasteiger partial charge in [0.05, 0.1) is 7.11 Å². The highest BCUT2D eigenvalue weighted by Crippen LogP contribution is 2.14. The summed E-state index contributed by atoms with van der Waals surface area (Å²) in [5, 5.41) is 6.84. The van der Waals surface area contributed by atoms with E-state index < -0.39 is 0 Å². The van der Waals surface area contributed by atoms with Crippen LogP contribution in [0.5, 0.6) is 5.75 Å². The average molecular weight is 446 g/mol. The van der Waals surface area contributed by atoms with Gasteiger partial charge in [0, 0.05) is 26.7 Å². The molecule has 136 valence electrons. The van der Waals surface area contributed by atoms with Gasteiger partial charge in [0.1, 0.15) is 5.75 Å². The van der Waals surface area contributed by atoms with Gasteiger partial charge in [-0.3, -0.25) is 4.99 Å². The molecule has 1 fully saturated rings. The van der Waals surface area contributed by atoms with E-state index in [4.69, 9.17) is 4.74 Å². The van der Waals surface area contributed by atoms with Crippen LogP contribution in [0.3, 0.4) is 0 Å². The van der Waals surface area contributed by atoms with Crippen LogP contribution < -0.4 is 15.4 Å². The number of hydrogen-bond acceptors (Lipinski definition) is 3. The summed E-state index contributed by atoms with van der Waals surface area (Å²) in [7, 11) is 3.52. The van der Waals surface area contributed by atoms with Crippen molar-refractivity contribution in [2.45, 2.75) is 19.8 Å². The fourth-order valence-electron chi connectivity index (χ4n) is 2.95. The minimum Gasteiger partial charge on any atom is -0.497 e. The molecule has 0 aliphatic carbocycles. The summed E-state index contributed by atoms with van der Waals surface area (Å²) in [6, 6.07) is 8.22. The standard InChI is InChI=1S/C18H30N4O.HI/c1-4-22-12-10-16(14-22)13-21-18(19-2)20-11-9-15-5-7-17(23-3)8-6-15;/h5-8,16H,4,9-14H2,1-3H3,(H2,19,20,21);1H. The largest absolute Gasteiger partial charge is 0.497 e. The SMILES string of the molecule is CCN1CCC(CNC(=NC)NCCc2ccc(OC)cc2)C1.I. The lowest BCUT2D eigenvalue weighted by molar-refractivity contribution is 0.342. The second-order valence-corrected chi connectivity index (χ2v) is 6.03. The Hall–Kier alpha value is -1.02. The molecule has 0 radical (unpaired) electrons. The molecule has 1 aliphatic heterocycles. The van der Waals surface area contributed by atoms with Crippen LogP contribution in [0.1, 0.15) is 18.9 Å². The maximum absolute atomic E-state index is 5.18. The number of aliphatic imine (C=N–C) groups is 1. The number of hydrogen-bond donors (Lipinski definition) is 2. The molecule has 1 aromatic carbocycles. The molecule has 2 N–H and O–H groups in total. The summed E-state index contributed by atoms with van der Waals surface area (Å²) in [6.07, 6.45) is 2.25. The Morgan fingerprint density at radius 2 is 2.04 bits per heavy atom. The summed E-state index contributed by atoms with van der Waals surface area (Å²) >= 11 is 0. The van der Waals surface area contributed by atoms with Crippen LogP contribution in [0.15, 0.2) is 29.3 Å². The van der Waals surface area contributed by atoms with Crippen LogP contribution in [0.25, 0.3) is 0 Å². The summed E-state index contributed by atoms with van der Waals surface area (Å²) in [6.45, 7) is 7.69. The maximum Gasteiger partial charge on any atom is 0.190 e. The van der Waals surface area contributed by atoms with E-state index in [0.717, 1.165) is 43.7 Å². The van der Waals surface area contributed by atoms with Gasteiger partial charge in [-0.25, -0.2) is 0 Å². The molecule has 1 unspecified atom stereocenters. The van der Waals surface area contributed by atoms with E-state index in [1.165, 1.54) is 25.1 Å². The van der Waals surface area contributed by atoms with Crippen molar-refractivity contribution in [2.75, 3.05) is 46.9 Å². The third-order valence-corrected chi connectivity index (χ3v) is 4.46. The van der Waals surface area contributed by atoms with E-state index in [1.807, 2.05) is 19.2 Å². The molecule has 24 heavy (non-hydrogen) atoms. The predicted octanol–water partition coefficient (Wildman–Crippen LogP) is 2.36. The minimum atomic E-state index is 0. The Kier molecular flexibility index (Phi) is 10.1. The molecule has 5 nitrogen and oxygen atoms in total. The number of benzene rings is 1. The van der Waals surface area contributed by atoms with Gasteiger partial charge in [0.15, 0.2) is 5.96 Å². The third-order valence-electron chi connectivity index (χ3n) is 4.46. The van der Waals surface area contributed by atoms with Crippen molar-refractivity contribution < 1.29 is 4.74 Å². The molecule has 0 aromatic heterocycles. The van der Waals surface area contributed by atoms with Crippen LogP contribution in [0.4, 0.5) is 0 Å². The number of guanidine groups is 1.